The van der Waals surface area contributed by atoms with Crippen LogP contribution in [0.2, 0.25) is 5.15 Å². The highest BCUT2D eigenvalue weighted by Crippen LogP contribution is 2.32. The second kappa shape index (κ2) is 7.19. The third-order valence-electron chi connectivity index (χ3n) is 4.89. The van der Waals surface area contributed by atoms with Crippen LogP contribution in [0.5, 0.6) is 0 Å². The van der Waals surface area contributed by atoms with E-state index < -0.39 is 5.41 Å². The van der Waals surface area contributed by atoms with Crippen molar-refractivity contribution in [1.29, 1.82) is 5.26 Å². The maximum absolute atomic E-state index is 12.6. The lowest BCUT2D eigenvalue weighted by atomic mass is 9.79. The minimum absolute atomic E-state index is 0.226. The molecule has 1 aromatic carbocycles. The number of hydrogen-bond acceptors (Lipinski definition) is 5. The van der Waals surface area contributed by atoms with E-state index >= 15 is 0 Å². The number of fused-ring (bicyclic) bond motifs is 2. The molecule has 1 N–H and O–H groups in total. The first-order chi connectivity index (χ1) is 13.5. The van der Waals surface area contributed by atoms with E-state index in [0.717, 1.165) is 22.0 Å². The first kappa shape index (κ1) is 18.4. The third kappa shape index (κ3) is 3.42. The average molecular weight is 393 g/mol. The highest BCUT2D eigenvalue weighted by Gasteiger charge is 2.33. The summed E-state index contributed by atoms with van der Waals surface area (Å²) in [6.45, 7) is 2.85. The fourth-order valence-corrected chi connectivity index (χ4v) is 3.45. The predicted octanol–water partition coefficient (Wildman–Crippen LogP) is 3.52. The summed E-state index contributed by atoms with van der Waals surface area (Å²) in [5.74, 6) is -0.226. The van der Waals surface area contributed by atoms with E-state index in [9.17, 15) is 10.1 Å². The molecule has 0 saturated heterocycles. The summed E-state index contributed by atoms with van der Waals surface area (Å²) in [7, 11) is 0. The molecule has 3 aromatic rings. The van der Waals surface area contributed by atoms with E-state index in [-0.39, 0.29) is 12.5 Å². The van der Waals surface area contributed by atoms with Crippen LogP contribution in [-0.4, -0.2) is 22.5 Å². The lowest BCUT2D eigenvalue weighted by Gasteiger charge is -2.30. The van der Waals surface area contributed by atoms with Gasteiger partial charge in [-0.15, -0.1) is 0 Å². The van der Waals surface area contributed by atoms with Crippen LogP contribution in [0.25, 0.3) is 10.9 Å². The quantitative estimate of drug-likeness (QED) is 0.689. The zero-order chi connectivity index (χ0) is 19.7. The average Bonchev–Trinajstić information content (AvgIpc) is 2.71. The number of pyridine rings is 2. The highest BCUT2D eigenvalue weighted by atomic mass is 35.5. The number of halogens is 1. The van der Waals surface area contributed by atoms with Gasteiger partial charge in [-0.2, -0.15) is 5.26 Å². The van der Waals surface area contributed by atoms with Crippen molar-refractivity contribution in [2.75, 3.05) is 6.61 Å². The van der Waals surface area contributed by atoms with E-state index in [1.807, 2.05) is 19.1 Å². The molecular formula is C21H17ClN4O2. The van der Waals surface area contributed by atoms with Gasteiger partial charge in [0.15, 0.2) is 0 Å². The molecule has 1 aliphatic rings. The number of aromatic nitrogens is 2. The van der Waals surface area contributed by atoms with Gasteiger partial charge in [-0.25, -0.2) is 4.98 Å². The number of nitriles is 1. The number of benzene rings is 1. The van der Waals surface area contributed by atoms with Crippen molar-refractivity contribution in [2.24, 2.45) is 0 Å². The summed E-state index contributed by atoms with van der Waals surface area (Å²) in [4.78, 5) is 21.2. The van der Waals surface area contributed by atoms with Crippen LogP contribution in [0.1, 0.15) is 34.1 Å². The van der Waals surface area contributed by atoms with Crippen molar-refractivity contribution in [3.8, 4) is 6.07 Å². The number of nitrogens with one attached hydrogen (secondary N) is 1. The number of rotatable bonds is 3. The van der Waals surface area contributed by atoms with E-state index in [0.29, 0.717) is 29.6 Å². The molecule has 0 spiro atoms. The monoisotopic (exact) mass is 392 g/mol. The second-order valence-corrected chi connectivity index (χ2v) is 7.38. The fourth-order valence-electron chi connectivity index (χ4n) is 3.30. The van der Waals surface area contributed by atoms with Crippen molar-refractivity contribution in [3.05, 3.63) is 70.1 Å². The Labute approximate surface area is 167 Å². The Bertz CT molecular complexity index is 1130. The van der Waals surface area contributed by atoms with Gasteiger partial charge < -0.3 is 10.1 Å². The predicted molar refractivity (Wildman–Crippen MR) is 105 cm³/mol. The fraction of sp³-hybridized carbons (Fsp3) is 0.238. The van der Waals surface area contributed by atoms with Gasteiger partial charge >= 0.3 is 0 Å². The number of nitrogens with zero attached hydrogens (tertiary/aromatic N) is 3. The Balaban J connectivity index is 1.53. The lowest BCUT2D eigenvalue weighted by molar-refractivity contribution is 0.0757. The molecule has 1 atom stereocenters. The van der Waals surface area contributed by atoms with Crippen molar-refractivity contribution >= 4 is 28.4 Å². The van der Waals surface area contributed by atoms with Gasteiger partial charge in [0.1, 0.15) is 10.6 Å². The van der Waals surface area contributed by atoms with E-state index in [1.54, 1.807) is 30.5 Å². The molecule has 0 aliphatic carbocycles. The first-order valence-electron chi connectivity index (χ1n) is 8.80. The normalized spacial score (nSPS) is 18.3. The van der Waals surface area contributed by atoms with Crippen LogP contribution >= 0.6 is 11.6 Å². The summed E-state index contributed by atoms with van der Waals surface area (Å²) >= 11 is 5.94. The van der Waals surface area contributed by atoms with Gasteiger partial charge in [-0.3, -0.25) is 9.78 Å². The Hall–Kier alpha value is -3.01. The Kier molecular flexibility index (Phi) is 4.71. The molecule has 2 aromatic heterocycles. The third-order valence-corrected chi connectivity index (χ3v) is 5.10. The van der Waals surface area contributed by atoms with Crippen LogP contribution < -0.4 is 5.32 Å². The zero-order valence-corrected chi connectivity index (χ0v) is 16.0. The molecule has 140 valence electrons. The Morgan fingerprint density at radius 1 is 1.36 bits per heavy atom. The maximum atomic E-state index is 12.6. The Morgan fingerprint density at radius 3 is 3.04 bits per heavy atom. The van der Waals surface area contributed by atoms with Gasteiger partial charge in [0.2, 0.25) is 0 Å². The van der Waals surface area contributed by atoms with Gasteiger partial charge in [-0.1, -0.05) is 17.7 Å². The molecule has 1 amide bonds. The number of hydrogen-bond donors (Lipinski definition) is 1. The highest BCUT2D eigenvalue weighted by molar-refractivity contribution is 6.29. The molecule has 4 rings (SSSR count). The molecule has 28 heavy (non-hydrogen) atoms. The van der Waals surface area contributed by atoms with E-state index in [2.05, 4.69) is 21.4 Å². The summed E-state index contributed by atoms with van der Waals surface area (Å²) in [6, 6.07) is 13.0. The van der Waals surface area contributed by atoms with Crippen molar-refractivity contribution in [2.45, 2.75) is 25.5 Å². The van der Waals surface area contributed by atoms with Crippen molar-refractivity contribution < 1.29 is 9.53 Å². The van der Waals surface area contributed by atoms with E-state index in [1.165, 1.54) is 0 Å². The number of carbonyl (C=O) groups excluding carboxylic acids is 1. The molecule has 1 aliphatic heterocycles. The second-order valence-electron chi connectivity index (χ2n) is 6.99. The van der Waals surface area contributed by atoms with Crippen LogP contribution in [0.15, 0.2) is 42.6 Å². The van der Waals surface area contributed by atoms with Crippen LogP contribution in [-0.2, 0) is 23.3 Å². The van der Waals surface area contributed by atoms with E-state index in [4.69, 9.17) is 16.3 Å². The topological polar surface area (TPSA) is 87.9 Å². The molecule has 6 nitrogen and oxygen atoms in total. The molecule has 0 radical (unpaired) electrons. The Morgan fingerprint density at radius 2 is 2.21 bits per heavy atom. The summed E-state index contributed by atoms with van der Waals surface area (Å²) < 4.78 is 5.51. The summed E-state index contributed by atoms with van der Waals surface area (Å²) in [5, 5.41) is 13.7. The van der Waals surface area contributed by atoms with Crippen LogP contribution in [0.4, 0.5) is 0 Å². The molecular weight excluding hydrogens is 376 g/mol. The van der Waals surface area contributed by atoms with Gasteiger partial charge in [-0.05, 0) is 48.4 Å². The smallest absolute Gasteiger partial charge is 0.251 e. The molecule has 0 unspecified atom stereocenters. The van der Waals surface area contributed by atoms with Gasteiger partial charge in [0, 0.05) is 17.1 Å². The van der Waals surface area contributed by atoms with Crippen molar-refractivity contribution in [3.63, 3.8) is 0 Å². The first-order valence-corrected chi connectivity index (χ1v) is 9.18. The SMILES string of the molecule is C[C@@]1(C#N)COCc2ccc(C(=O)NCc3cc4nc(Cl)ccc4cn3)cc21. The van der Waals surface area contributed by atoms with Crippen LogP contribution in [0.3, 0.4) is 0 Å². The lowest BCUT2D eigenvalue weighted by Crippen LogP contribution is -2.33. The van der Waals surface area contributed by atoms with Gasteiger partial charge in [0.05, 0.1) is 37.0 Å². The largest absolute Gasteiger partial charge is 0.375 e. The maximum Gasteiger partial charge on any atom is 0.251 e. The minimum Gasteiger partial charge on any atom is -0.375 e. The minimum atomic E-state index is -0.755. The van der Waals surface area contributed by atoms with Crippen molar-refractivity contribution in [1.82, 2.24) is 15.3 Å². The number of amides is 1. The molecule has 0 bridgehead atoms. The van der Waals surface area contributed by atoms with Crippen LogP contribution in [0, 0.1) is 11.3 Å². The molecule has 0 fully saturated rings. The molecule has 0 saturated carbocycles. The molecule has 7 heteroatoms. The zero-order valence-electron chi connectivity index (χ0n) is 15.2. The molecule has 3 heterocycles. The van der Waals surface area contributed by atoms with Gasteiger partial charge in [0.25, 0.3) is 5.91 Å². The number of carbonyl (C=O) groups is 1. The summed E-state index contributed by atoms with van der Waals surface area (Å²) in [5.41, 5.74) is 2.94. The summed E-state index contributed by atoms with van der Waals surface area (Å²) in [6.07, 6.45) is 1.71. The number of ether oxygens (including phenoxy) is 1. The standard InChI is InChI=1S/C21H17ClN4O2/c1-21(11-23)12-28-10-15-3-2-13(6-17(15)21)20(27)25-9-16-7-18-14(8-24-16)4-5-19(22)26-18/h2-8H,9-10,12H2,1H3,(H,25,27)/t21-/m1/s1.